The Morgan fingerprint density at radius 1 is 1.38 bits per heavy atom. The molecular weight excluding hydrogens is 289 g/mol. The zero-order valence-electron chi connectivity index (χ0n) is 9.29. The van der Waals surface area contributed by atoms with E-state index in [2.05, 4.69) is 37.7 Å². The molecular formula is C11H15BrClN3. The minimum absolute atomic E-state index is 0.487. The van der Waals surface area contributed by atoms with Gasteiger partial charge in [0.2, 0.25) is 0 Å². The van der Waals surface area contributed by atoms with Crippen molar-refractivity contribution in [2.45, 2.75) is 38.6 Å². The molecule has 2 rings (SSSR count). The minimum atomic E-state index is 0.487. The second-order valence-electron chi connectivity index (χ2n) is 4.19. The first-order valence-corrected chi connectivity index (χ1v) is 6.80. The second-order valence-corrected chi connectivity index (χ2v) is 5.34. The largest absolute Gasteiger partial charge is 0.353 e. The van der Waals surface area contributed by atoms with Crippen LogP contribution >= 0.6 is 27.5 Å². The van der Waals surface area contributed by atoms with Gasteiger partial charge in [0.1, 0.15) is 17.3 Å². The van der Waals surface area contributed by atoms with E-state index in [1.807, 2.05) is 0 Å². The number of hydrogen-bond donors (Lipinski definition) is 0. The number of nitrogens with zero attached hydrogens (tertiary/aromatic N) is 3. The molecule has 1 unspecified atom stereocenters. The van der Waals surface area contributed by atoms with E-state index in [9.17, 15) is 0 Å². The summed E-state index contributed by atoms with van der Waals surface area (Å²) in [5.74, 6) is 0.925. The van der Waals surface area contributed by atoms with E-state index in [0.717, 1.165) is 16.8 Å². The van der Waals surface area contributed by atoms with Gasteiger partial charge in [0, 0.05) is 12.6 Å². The molecule has 88 valence electrons. The van der Waals surface area contributed by atoms with Crippen molar-refractivity contribution < 1.29 is 0 Å². The van der Waals surface area contributed by atoms with E-state index in [4.69, 9.17) is 11.6 Å². The van der Waals surface area contributed by atoms with Gasteiger partial charge in [-0.25, -0.2) is 9.97 Å². The molecule has 1 aromatic rings. The highest BCUT2D eigenvalue weighted by molar-refractivity contribution is 9.10. The first-order valence-electron chi connectivity index (χ1n) is 5.63. The van der Waals surface area contributed by atoms with Crippen LogP contribution in [0.2, 0.25) is 5.15 Å². The maximum absolute atomic E-state index is 6.00. The lowest BCUT2D eigenvalue weighted by molar-refractivity contribution is 0.610. The van der Waals surface area contributed by atoms with Gasteiger partial charge in [0.05, 0.1) is 4.47 Å². The van der Waals surface area contributed by atoms with Crippen LogP contribution in [0.4, 0.5) is 5.82 Å². The lowest BCUT2D eigenvalue weighted by atomic mass is 10.1. The zero-order valence-corrected chi connectivity index (χ0v) is 11.6. The first kappa shape index (κ1) is 12.1. The molecule has 0 aliphatic carbocycles. The van der Waals surface area contributed by atoms with E-state index in [1.54, 1.807) is 0 Å². The summed E-state index contributed by atoms with van der Waals surface area (Å²) in [6.07, 6.45) is 6.57. The summed E-state index contributed by atoms with van der Waals surface area (Å²) in [6.45, 7) is 3.29. The molecule has 16 heavy (non-hydrogen) atoms. The molecule has 3 nitrogen and oxygen atoms in total. The van der Waals surface area contributed by atoms with Crippen LogP contribution in [0.3, 0.4) is 0 Å². The van der Waals surface area contributed by atoms with E-state index in [0.29, 0.717) is 11.2 Å². The third-order valence-electron chi connectivity index (χ3n) is 3.05. The number of aromatic nitrogens is 2. The van der Waals surface area contributed by atoms with Crippen LogP contribution in [0, 0.1) is 0 Å². The van der Waals surface area contributed by atoms with Crippen molar-refractivity contribution in [3.8, 4) is 0 Å². The van der Waals surface area contributed by atoms with E-state index in [1.165, 1.54) is 32.0 Å². The summed E-state index contributed by atoms with van der Waals surface area (Å²) in [4.78, 5) is 10.6. The van der Waals surface area contributed by atoms with Gasteiger partial charge in [0.25, 0.3) is 0 Å². The highest BCUT2D eigenvalue weighted by Gasteiger charge is 2.21. The summed E-state index contributed by atoms with van der Waals surface area (Å²) in [6, 6.07) is 0.518. The highest BCUT2D eigenvalue weighted by atomic mass is 79.9. The first-order chi connectivity index (χ1) is 7.70. The van der Waals surface area contributed by atoms with Crippen molar-refractivity contribution >= 4 is 33.3 Å². The van der Waals surface area contributed by atoms with Crippen LogP contribution in [0.1, 0.15) is 32.6 Å². The van der Waals surface area contributed by atoms with Gasteiger partial charge in [0.15, 0.2) is 0 Å². The third-order valence-corrected chi connectivity index (χ3v) is 4.30. The predicted molar refractivity (Wildman–Crippen MR) is 70.0 cm³/mol. The van der Waals surface area contributed by atoms with Crippen molar-refractivity contribution in [1.29, 1.82) is 0 Å². The molecule has 2 heterocycles. The number of anilines is 1. The predicted octanol–water partition coefficient (Wildman–Crippen LogP) is 3.66. The van der Waals surface area contributed by atoms with Gasteiger partial charge < -0.3 is 4.90 Å². The second kappa shape index (κ2) is 5.32. The summed E-state index contributed by atoms with van der Waals surface area (Å²) >= 11 is 9.47. The maximum Gasteiger partial charge on any atom is 0.148 e. The van der Waals surface area contributed by atoms with Crippen molar-refractivity contribution in [1.82, 2.24) is 9.97 Å². The monoisotopic (exact) mass is 303 g/mol. The Morgan fingerprint density at radius 3 is 3.00 bits per heavy atom. The van der Waals surface area contributed by atoms with Crippen molar-refractivity contribution in [2.24, 2.45) is 0 Å². The molecule has 0 aromatic carbocycles. The lowest BCUT2D eigenvalue weighted by Crippen LogP contribution is -2.33. The van der Waals surface area contributed by atoms with Crippen molar-refractivity contribution in [2.75, 3.05) is 11.4 Å². The van der Waals surface area contributed by atoms with Crippen LogP contribution in [0.25, 0.3) is 0 Å². The third kappa shape index (κ3) is 2.48. The van der Waals surface area contributed by atoms with Gasteiger partial charge >= 0.3 is 0 Å². The molecule has 0 N–H and O–H groups in total. The Bertz CT molecular complexity index is 372. The Balaban J connectivity index is 2.30. The quantitative estimate of drug-likeness (QED) is 0.741. The minimum Gasteiger partial charge on any atom is -0.353 e. The maximum atomic E-state index is 6.00. The summed E-state index contributed by atoms with van der Waals surface area (Å²) in [7, 11) is 0. The van der Waals surface area contributed by atoms with Crippen LogP contribution in [0.15, 0.2) is 10.8 Å². The van der Waals surface area contributed by atoms with Gasteiger partial charge in [-0.2, -0.15) is 0 Å². The Labute approximate surface area is 109 Å². The standard InChI is InChI=1S/C11H15BrClN3/c1-8-5-3-2-4-6-16(8)11-9(12)10(13)14-7-15-11/h7-8H,2-6H2,1H3. The van der Waals surface area contributed by atoms with Gasteiger partial charge in [-0.05, 0) is 35.7 Å². The Morgan fingerprint density at radius 2 is 2.19 bits per heavy atom. The lowest BCUT2D eigenvalue weighted by Gasteiger charge is -2.29. The fraction of sp³-hybridized carbons (Fsp3) is 0.636. The topological polar surface area (TPSA) is 29.0 Å². The van der Waals surface area contributed by atoms with Crippen LogP contribution in [0.5, 0.6) is 0 Å². The normalized spacial score (nSPS) is 21.9. The molecule has 0 radical (unpaired) electrons. The number of rotatable bonds is 1. The smallest absolute Gasteiger partial charge is 0.148 e. The molecule has 0 amide bonds. The SMILES string of the molecule is CC1CCCCCN1c1ncnc(Cl)c1Br. The average Bonchev–Trinajstić information content (AvgIpc) is 2.47. The fourth-order valence-electron chi connectivity index (χ4n) is 2.13. The highest BCUT2D eigenvalue weighted by Crippen LogP contribution is 2.32. The molecule has 1 fully saturated rings. The van der Waals surface area contributed by atoms with Gasteiger partial charge in [-0.1, -0.05) is 24.4 Å². The molecule has 1 aliphatic rings. The molecule has 0 spiro atoms. The van der Waals surface area contributed by atoms with E-state index in [-0.39, 0.29) is 0 Å². The van der Waals surface area contributed by atoms with E-state index >= 15 is 0 Å². The molecule has 1 aromatic heterocycles. The number of hydrogen-bond acceptors (Lipinski definition) is 3. The Hall–Kier alpha value is -0.350. The summed E-state index contributed by atoms with van der Waals surface area (Å²) in [5, 5.41) is 0.487. The molecule has 1 aliphatic heterocycles. The fourth-order valence-corrected chi connectivity index (χ4v) is 2.69. The van der Waals surface area contributed by atoms with Crippen molar-refractivity contribution in [3.63, 3.8) is 0 Å². The van der Waals surface area contributed by atoms with Crippen LogP contribution in [-0.2, 0) is 0 Å². The van der Waals surface area contributed by atoms with Crippen LogP contribution in [-0.4, -0.2) is 22.6 Å². The number of halogens is 2. The van der Waals surface area contributed by atoms with Gasteiger partial charge in [-0.15, -0.1) is 0 Å². The Kier molecular flexibility index (Phi) is 4.03. The van der Waals surface area contributed by atoms with Crippen LogP contribution < -0.4 is 4.90 Å². The van der Waals surface area contributed by atoms with E-state index < -0.39 is 0 Å². The van der Waals surface area contributed by atoms with Crippen molar-refractivity contribution in [3.05, 3.63) is 16.0 Å². The molecule has 1 atom stereocenters. The summed E-state index contributed by atoms with van der Waals surface area (Å²) < 4.78 is 0.811. The molecule has 5 heteroatoms. The van der Waals surface area contributed by atoms with Gasteiger partial charge in [-0.3, -0.25) is 0 Å². The molecule has 1 saturated heterocycles. The summed E-state index contributed by atoms with van der Waals surface area (Å²) in [5.41, 5.74) is 0. The average molecular weight is 305 g/mol. The molecule has 0 saturated carbocycles. The molecule has 0 bridgehead atoms. The zero-order chi connectivity index (χ0) is 11.5.